The Morgan fingerprint density at radius 3 is 2.20 bits per heavy atom. The number of nitrogens with two attached hydrogens (primary N) is 2. The molecule has 0 aromatic rings. The number of carbonyl (C=O) groups excluding carboxylic acids is 2. The molecule has 0 radical (unpaired) electrons. The van der Waals surface area contributed by atoms with E-state index in [1.54, 1.807) is 6.92 Å². The minimum atomic E-state index is -0.538. The van der Waals surface area contributed by atoms with Crippen LogP contribution >= 0.6 is 0 Å². The molecule has 5 heteroatoms. The first-order valence-electron chi connectivity index (χ1n) is 5.21. The highest BCUT2D eigenvalue weighted by atomic mass is 16.2. The molecule has 0 aliphatic heterocycles. The number of amides is 2. The Kier molecular flexibility index (Phi) is 5.93. The van der Waals surface area contributed by atoms with E-state index >= 15 is 0 Å². The molecule has 15 heavy (non-hydrogen) atoms. The standard InChI is InChI=1S/C10H21N3O2/c1-4-13(6-9(12)14)10(15)8(11)5-7(2)3/h7-8H,4-6,11H2,1-3H3,(H2,12,14)/t8-/m1/s1. The van der Waals surface area contributed by atoms with E-state index in [4.69, 9.17) is 11.5 Å². The predicted octanol–water partition coefficient (Wildman–Crippen LogP) is -0.306. The van der Waals surface area contributed by atoms with Gasteiger partial charge in [0.05, 0.1) is 12.6 Å². The summed E-state index contributed by atoms with van der Waals surface area (Å²) < 4.78 is 0. The summed E-state index contributed by atoms with van der Waals surface area (Å²) in [4.78, 5) is 23.8. The molecule has 0 fully saturated rings. The molecule has 0 saturated heterocycles. The topological polar surface area (TPSA) is 89.4 Å². The van der Waals surface area contributed by atoms with E-state index in [2.05, 4.69) is 0 Å². The Bertz CT molecular complexity index is 229. The lowest BCUT2D eigenvalue weighted by atomic mass is 10.0. The average molecular weight is 215 g/mol. The predicted molar refractivity (Wildman–Crippen MR) is 58.9 cm³/mol. The van der Waals surface area contributed by atoms with Crippen molar-refractivity contribution in [3.8, 4) is 0 Å². The number of likely N-dealkylation sites (N-methyl/N-ethyl adjacent to an activating group) is 1. The van der Waals surface area contributed by atoms with Gasteiger partial charge in [0.1, 0.15) is 0 Å². The van der Waals surface area contributed by atoms with Crippen LogP contribution in [-0.4, -0.2) is 35.8 Å². The summed E-state index contributed by atoms with van der Waals surface area (Å²) >= 11 is 0. The zero-order chi connectivity index (χ0) is 12.0. The number of nitrogens with zero attached hydrogens (tertiary/aromatic N) is 1. The van der Waals surface area contributed by atoms with Gasteiger partial charge in [-0.25, -0.2) is 0 Å². The number of rotatable bonds is 6. The Balaban J connectivity index is 4.30. The Hall–Kier alpha value is -1.10. The fraction of sp³-hybridized carbons (Fsp3) is 0.800. The molecular weight excluding hydrogens is 194 g/mol. The van der Waals surface area contributed by atoms with Gasteiger partial charge in [0.15, 0.2) is 0 Å². The molecule has 0 saturated carbocycles. The van der Waals surface area contributed by atoms with Crippen molar-refractivity contribution >= 4 is 11.8 Å². The van der Waals surface area contributed by atoms with Gasteiger partial charge < -0.3 is 16.4 Å². The molecule has 88 valence electrons. The van der Waals surface area contributed by atoms with Crippen molar-refractivity contribution in [2.45, 2.75) is 33.2 Å². The molecular formula is C10H21N3O2. The smallest absolute Gasteiger partial charge is 0.239 e. The molecule has 0 aliphatic rings. The molecule has 4 N–H and O–H groups in total. The number of primary amides is 1. The first-order valence-corrected chi connectivity index (χ1v) is 5.21. The van der Waals surface area contributed by atoms with Gasteiger partial charge in [0.25, 0.3) is 0 Å². The maximum atomic E-state index is 11.7. The Morgan fingerprint density at radius 1 is 1.33 bits per heavy atom. The van der Waals surface area contributed by atoms with E-state index < -0.39 is 11.9 Å². The maximum Gasteiger partial charge on any atom is 0.239 e. The van der Waals surface area contributed by atoms with Crippen LogP contribution in [0.25, 0.3) is 0 Å². The summed E-state index contributed by atoms with van der Waals surface area (Å²) in [6.07, 6.45) is 0.619. The highest BCUT2D eigenvalue weighted by molar-refractivity contribution is 5.86. The number of hydrogen-bond donors (Lipinski definition) is 2. The molecule has 0 heterocycles. The summed E-state index contributed by atoms with van der Waals surface area (Å²) in [5, 5.41) is 0. The lowest BCUT2D eigenvalue weighted by Crippen LogP contribution is -2.47. The first kappa shape index (κ1) is 13.9. The highest BCUT2D eigenvalue weighted by Crippen LogP contribution is 2.05. The summed E-state index contributed by atoms with van der Waals surface area (Å²) in [6, 6.07) is -0.538. The van der Waals surface area contributed by atoms with Gasteiger partial charge in [-0.3, -0.25) is 9.59 Å². The van der Waals surface area contributed by atoms with Crippen LogP contribution < -0.4 is 11.5 Å². The van der Waals surface area contributed by atoms with Crippen molar-refractivity contribution in [3.05, 3.63) is 0 Å². The van der Waals surface area contributed by atoms with Crippen LogP contribution in [0.1, 0.15) is 27.2 Å². The SMILES string of the molecule is CCN(CC(N)=O)C(=O)[C@H](N)CC(C)C. The van der Waals surface area contributed by atoms with E-state index in [1.807, 2.05) is 13.8 Å². The van der Waals surface area contributed by atoms with Crippen LogP contribution in [-0.2, 0) is 9.59 Å². The fourth-order valence-corrected chi connectivity index (χ4v) is 1.38. The second-order valence-corrected chi connectivity index (χ2v) is 4.05. The van der Waals surface area contributed by atoms with Crippen LogP contribution in [0.5, 0.6) is 0 Å². The van der Waals surface area contributed by atoms with Crippen LogP contribution in [0, 0.1) is 5.92 Å². The normalized spacial score (nSPS) is 12.6. The molecule has 0 aromatic heterocycles. The van der Waals surface area contributed by atoms with Crippen molar-refractivity contribution in [2.24, 2.45) is 17.4 Å². The molecule has 0 aromatic carbocycles. The molecule has 2 amide bonds. The van der Waals surface area contributed by atoms with Gasteiger partial charge in [0.2, 0.25) is 11.8 Å². The minimum Gasteiger partial charge on any atom is -0.368 e. The molecule has 0 aliphatic carbocycles. The minimum absolute atomic E-state index is 0.0544. The van der Waals surface area contributed by atoms with E-state index in [1.165, 1.54) is 4.90 Å². The van der Waals surface area contributed by atoms with Gasteiger partial charge in [-0.15, -0.1) is 0 Å². The zero-order valence-electron chi connectivity index (χ0n) is 9.69. The van der Waals surface area contributed by atoms with Gasteiger partial charge in [-0.2, -0.15) is 0 Å². The van der Waals surface area contributed by atoms with Crippen molar-refractivity contribution in [1.82, 2.24) is 4.90 Å². The first-order chi connectivity index (χ1) is 6.88. The molecule has 0 spiro atoms. The van der Waals surface area contributed by atoms with Crippen LogP contribution in [0.4, 0.5) is 0 Å². The summed E-state index contributed by atoms with van der Waals surface area (Å²) in [7, 11) is 0. The Morgan fingerprint density at radius 2 is 1.87 bits per heavy atom. The third-order valence-electron chi connectivity index (χ3n) is 2.08. The summed E-state index contributed by atoms with van der Waals surface area (Å²) in [6.45, 7) is 6.19. The second-order valence-electron chi connectivity index (χ2n) is 4.05. The third kappa shape index (κ3) is 5.37. The highest BCUT2D eigenvalue weighted by Gasteiger charge is 2.21. The van der Waals surface area contributed by atoms with Crippen molar-refractivity contribution < 1.29 is 9.59 Å². The van der Waals surface area contributed by atoms with Crippen molar-refractivity contribution in [3.63, 3.8) is 0 Å². The van der Waals surface area contributed by atoms with Gasteiger partial charge >= 0.3 is 0 Å². The lowest BCUT2D eigenvalue weighted by molar-refractivity contribution is -0.136. The van der Waals surface area contributed by atoms with Crippen LogP contribution in [0.15, 0.2) is 0 Å². The lowest BCUT2D eigenvalue weighted by Gasteiger charge is -2.23. The van der Waals surface area contributed by atoms with Crippen molar-refractivity contribution in [1.29, 1.82) is 0 Å². The summed E-state index contributed by atoms with van der Waals surface area (Å²) in [5.74, 6) is -0.358. The summed E-state index contributed by atoms with van der Waals surface area (Å²) in [5.41, 5.74) is 10.8. The molecule has 0 unspecified atom stereocenters. The number of hydrogen-bond acceptors (Lipinski definition) is 3. The quantitative estimate of drug-likeness (QED) is 0.637. The number of carbonyl (C=O) groups is 2. The Labute approximate surface area is 90.8 Å². The van der Waals surface area contributed by atoms with E-state index in [0.717, 1.165) is 0 Å². The third-order valence-corrected chi connectivity index (χ3v) is 2.08. The van der Waals surface area contributed by atoms with Crippen LogP contribution in [0.3, 0.4) is 0 Å². The maximum absolute atomic E-state index is 11.7. The van der Waals surface area contributed by atoms with E-state index in [-0.39, 0.29) is 12.5 Å². The monoisotopic (exact) mass is 215 g/mol. The van der Waals surface area contributed by atoms with Gasteiger partial charge in [0, 0.05) is 6.54 Å². The molecule has 0 bridgehead atoms. The molecule has 1 atom stereocenters. The second kappa shape index (κ2) is 6.40. The van der Waals surface area contributed by atoms with Gasteiger partial charge in [-0.1, -0.05) is 13.8 Å². The largest absolute Gasteiger partial charge is 0.368 e. The van der Waals surface area contributed by atoms with Crippen molar-refractivity contribution in [2.75, 3.05) is 13.1 Å². The molecule has 0 rings (SSSR count). The van der Waals surface area contributed by atoms with Gasteiger partial charge in [-0.05, 0) is 19.3 Å². The van der Waals surface area contributed by atoms with E-state index in [9.17, 15) is 9.59 Å². The fourth-order valence-electron chi connectivity index (χ4n) is 1.38. The van der Waals surface area contributed by atoms with E-state index in [0.29, 0.717) is 18.9 Å². The zero-order valence-corrected chi connectivity index (χ0v) is 9.69. The average Bonchev–Trinajstić information content (AvgIpc) is 2.11. The molecule has 5 nitrogen and oxygen atoms in total. The van der Waals surface area contributed by atoms with Crippen LogP contribution in [0.2, 0.25) is 0 Å².